The predicted octanol–water partition coefficient (Wildman–Crippen LogP) is 4.52. The molecule has 1 amide bonds. The summed E-state index contributed by atoms with van der Waals surface area (Å²) in [5.41, 5.74) is 3.60. The molecule has 0 spiro atoms. The normalized spacial score (nSPS) is 12.4. The standard InChI is InChI=1S/C21H19N3O/c1-13-10-16-12-22-24-20(16)11-19(13)21(25)23-14(2)17-9-5-7-15-6-3-4-8-18(15)17/h3-12,14H,1-2H3,(H,22,24)(H,23,25)/t14-/m1/s1. The van der Waals surface area contributed by atoms with Crippen LogP contribution in [0.1, 0.15) is 34.5 Å². The first-order valence-corrected chi connectivity index (χ1v) is 8.36. The molecule has 1 heterocycles. The number of aromatic nitrogens is 2. The van der Waals surface area contributed by atoms with Gasteiger partial charge in [-0.15, -0.1) is 0 Å². The van der Waals surface area contributed by atoms with E-state index in [1.807, 2.05) is 44.2 Å². The third kappa shape index (κ3) is 2.76. The smallest absolute Gasteiger partial charge is 0.252 e. The van der Waals surface area contributed by atoms with E-state index < -0.39 is 0 Å². The van der Waals surface area contributed by atoms with Crippen molar-refractivity contribution in [1.82, 2.24) is 15.5 Å². The fourth-order valence-corrected chi connectivity index (χ4v) is 3.33. The summed E-state index contributed by atoms with van der Waals surface area (Å²) in [4.78, 5) is 12.8. The molecule has 1 aromatic heterocycles. The lowest BCUT2D eigenvalue weighted by atomic mass is 9.99. The van der Waals surface area contributed by atoms with Crippen molar-refractivity contribution in [1.29, 1.82) is 0 Å². The van der Waals surface area contributed by atoms with E-state index in [0.29, 0.717) is 5.56 Å². The highest BCUT2D eigenvalue weighted by molar-refractivity contribution is 5.99. The molecule has 1 atom stereocenters. The molecule has 3 aromatic carbocycles. The van der Waals surface area contributed by atoms with Gasteiger partial charge in [0, 0.05) is 10.9 Å². The number of aryl methyl sites for hydroxylation is 1. The summed E-state index contributed by atoms with van der Waals surface area (Å²) in [5, 5.41) is 13.4. The molecule has 124 valence electrons. The summed E-state index contributed by atoms with van der Waals surface area (Å²) in [6.45, 7) is 3.97. The van der Waals surface area contributed by atoms with E-state index in [0.717, 1.165) is 22.0 Å². The molecule has 0 radical (unpaired) electrons. The average molecular weight is 329 g/mol. The number of hydrogen-bond acceptors (Lipinski definition) is 2. The fourth-order valence-electron chi connectivity index (χ4n) is 3.33. The van der Waals surface area contributed by atoms with Gasteiger partial charge in [-0.05, 0) is 47.9 Å². The maximum absolute atomic E-state index is 12.8. The first-order chi connectivity index (χ1) is 12.1. The van der Waals surface area contributed by atoms with Gasteiger partial charge in [-0.25, -0.2) is 0 Å². The van der Waals surface area contributed by atoms with E-state index in [2.05, 4.69) is 39.8 Å². The number of benzene rings is 3. The Morgan fingerprint density at radius 3 is 2.76 bits per heavy atom. The van der Waals surface area contributed by atoms with Crippen molar-refractivity contribution < 1.29 is 4.79 Å². The number of carbonyl (C=O) groups is 1. The fraction of sp³-hybridized carbons (Fsp3) is 0.143. The zero-order valence-electron chi connectivity index (χ0n) is 14.2. The molecular formula is C21H19N3O. The molecule has 0 saturated heterocycles. The summed E-state index contributed by atoms with van der Waals surface area (Å²) in [6.07, 6.45) is 1.77. The lowest BCUT2D eigenvalue weighted by molar-refractivity contribution is 0.0939. The van der Waals surface area contributed by atoms with Crippen LogP contribution >= 0.6 is 0 Å². The number of fused-ring (bicyclic) bond motifs is 2. The number of rotatable bonds is 3. The number of nitrogens with zero attached hydrogens (tertiary/aromatic N) is 1. The Morgan fingerprint density at radius 2 is 1.88 bits per heavy atom. The molecule has 0 aliphatic carbocycles. The van der Waals surface area contributed by atoms with Crippen molar-refractivity contribution in [3.8, 4) is 0 Å². The van der Waals surface area contributed by atoms with Gasteiger partial charge in [-0.1, -0.05) is 42.5 Å². The van der Waals surface area contributed by atoms with E-state index in [1.54, 1.807) is 6.20 Å². The second-order valence-electron chi connectivity index (χ2n) is 6.39. The Hall–Kier alpha value is -3.14. The Labute approximate surface area is 145 Å². The molecule has 0 unspecified atom stereocenters. The van der Waals surface area contributed by atoms with Gasteiger partial charge in [-0.3, -0.25) is 9.89 Å². The van der Waals surface area contributed by atoms with Crippen LogP contribution in [0.4, 0.5) is 0 Å². The highest BCUT2D eigenvalue weighted by Crippen LogP contribution is 2.25. The second kappa shape index (κ2) is 6.06. The lowest BCUT2D eigenvalue weighted by Gasteiger charge is -2.17. The Morgan fingerprint density at radius 1 is 1.08 bits per heavy atom. The minimum absolute atomic E-state index is 0.0746. The first-order valence-electron chi connectivity index (χ1n) is 8.36. The van der Waals surface area contributed by atoms with Crippen LogP contribution in [0, 0.1) is 6.92 Å². The minimum Gasteiger partial charge on any atom is -0.345 e. The average Bonchev–Trinajstić information content (AvgIpc) is 3.07. The number of amides is 1. The molecule has 4 heteroatoms. The summed E-state index contributed by atoms with van der Waals surface area (Å²) in [5.74, 6) is -0.0746. The van der Waals surface area contributed by atoms with Crippen LogP contribution in [0.3, 0.4) is 0 Å². The number of aromatic amines is 1. The van der Waals surface area contributed by atoms with E-state index >= 15 is 0 Å². The molecule has 25 heavy (non-hydrogen) atoms. The molecule has 0 bridgehead atoms. The third-order valence-electron chi connectivity index (χ3n) is 4.67. The number of carbonyl (C=O) groups excluding carboxylic acids is 1. The van der Waals surface area contributed by atoms with Crippen LogP contribution in [-0.2, 0) is 0 Å². The molecule has 0 saturated carbocycles. The SMILES string of the molecule is Cc1cc2cn[nH]c2cc1C(=O)N[C@H](C)c1cccc2ccccc12. The largest absolute Gasteiger partial charge is 0.345 e. The second-order valence-corrected chi connectivity index (χ2v) is 6.39. The van der Waals surface area contributed by atoms with Gasteiger partial charge in [-0.2, -0.15) is 5.10 Å². The monoisotopic (exact) mass is 329 g/mol. The van der Waals surface area contributed by atoms with E-state index in [9.17, 15) is 4.79 Å². The summed E-state index contributed by atoms with van der Waals surface area (Å²) < 4.78 is 0. The van der Waals surface area contributed by atoms with Gasteiger partial charge in [0.1, 0.15) is 0 Å². The highest BCUT2D eigenvalue weighted by atomic mass is 16.1. The Balaban J connectivity index is 1.66. The third-order valence-corrected chi connectivity index (χ3v) is 4.67. The Bertz CT molecular complexity index is 1080. The van der Waals surface area contributed by atoms with Gasteiger partial charge in [0.15, 0.2) is 0 Å². The molecule has 0 aliphatic heterocycles. The van der Waals surface area contributed by atoms with Crippen molar-refractivity contribution in [2.75, 3.05) is 0 Å². The van der Waals surface area contributed by atoms with Gasteiger partial charge in [0.05, 0.1) is 17.8 Å². The summed E-state index contributed by atoms with van der Waals surface area (Å²) in [7, 11) is 0. The van der Waals surface area contributed by atoms with E-state index in [-0.39, 0.29) is 11.9 Å². The predicted molar refractivity (Wildman–Crippen MR) is 101 cm³/mol. The molecule has 2 N–H and O–H groups in total. The van der Waals surface area contributed by atoms with Crippen LogP contribution in [0.25, 0.3) is 21.7 Å². The van der Waals surface area contributed by atoms with Crippen LogP contribution in [0.5, 0.6) is 0 Å². The highest BCUT2D eigenvalue weighted by Gasteiger charge is 2.16. The maximum Gasteiger partial charge on any atom is 0.252 e. The van der Waals surface area contributed by atoms with Crippen LogP contribution < -0.4 is 5.32 Å². The summed E-state index contributed by atoms with van der Waals surface area (Å²) in [6, 6.07) is 18.2. The molecule has 0 fully saturated rings. The summed E-state index contributed by atoms with van der Waals surface area (Å²) >= 11 is 0. The molecule has 4 rings (SSSR count). The van der Waals surface area contributed by atoms with Crippen molar-refractivity contribution in [2.24, 2.45) is 0 Å². The molecule has 4 aromatic rings. The number of H-pyrrole nitrogens is 1. The maximum atomic E-state index is 12.8. The van der Waals surface area contributed by atoms with Crippen LogP contribution in [0.2, 0.25) is 0 Å². The van der Waals surface area contributed by atoms with Crippen molar-refractivity contribution in [2.45, 2.75) is 19.9 Å². The number of hydrogen-bond donors (Lipinski definition) is 2. The van der Waals surface area contributed by atoms with Gasteiger partial charge in [0.2, 0.25) is 0 Å². The lowest BCUT2D eigenvalue weighted by Crippen LogP contribution is -2.27. The molecule has 0 aliphatic rings. The van der Waals surface area contributed by atoms with Crippen LogP contribution in [-0.4, -0.2) is 16.1 Å². The van der Waals surface area contributed by atoms with E-state index in [4.69, 9.17) is 0 Å². The van der Waals surface area contributed by atoms with Gasteiger partial charge >= 0.3 is 0 Å². The topological polar surface area (TPSA) is 57.8 Å². The zero-order valence-corrected chi connectivity index (χ0v) is 14.2. The van der Waals surface area contributed by atoms with Gasteiger partial charge in [0.25, 0.3) is 5.91 Å². The van der Waals surface area contributed by atoms with Crippen LogP contribution in [0.15, 0.2) is 60.8 Å². The van der Waals surface area contributed by atoms with E-state index in [1.165, 1.54) is 10.8 Å². The quantitative estimate of drug-likeness (QED) is 0.581. The van der Waals surface area contributed by atoms with Crippen molar-refractivity contribution in [3.05, 3.63) is 77.5 Å². The number of nitrogens with one attached hydrogen (secondary N) is 2. The Kier molecular flexibility index (Phi) is 3.73. The minimum atomic E-state index is -0.0875. The molecule has 4 nitrogen and oxygen atoms in total. The van der Waals surface area contributed by atoms with Crippen molar-refractivity contribution in [3.63, 3.8) is 0 Å². The molecular weight excluding hydrogens is 310 g/mol. The van der Waals surface area contributed by atoms with Gasteiger partial charge < -0.3 is 5.32 Å². The first kappa shape index (κ1) is 15.4. The zero-order chi connectivity index (χ0) is 17.4. The van der Waals surface area contributed by atoms with Crippen molar-refractivity contribution >= 4 is 27.6 Å².